The van der Waals surface area contributed by atoms with Crippen LogP contribution < -0.4 is 29.0 Å². The fourth-order valence-corrected chi connectivity index (χ4v) is 2.74. The maximum atomic E-state index is 12.6. The highest BCUT2D eigenvalue weighted by Gasteiger charge is 2.20. The summed E-state index contributed by atoms with van der Waals surface area (Å²) in [6.07, 6.45) is -0.0828. The Bertz CT molecular complexity index is 775. The average molecular weight is 389 g/mol. The summed E-state index contributed by atoms with van der Waals surface area (Å²) in [6, 6.07) is 10.7. The number of amides is 1. The maximum absolute atomic E-state index is 12.6. The summed E-state index contributed by atoms with van der Waals surface area (Å²) in [7, 11) is 6.24. The van der Waals surface area contributed by atoms with Crippen molar-refractivity contribution in [3.8, 4) is 28.7 Å². The van der Waals surface area contributed by atoms with Crippen molar-refractivity contribution in [3.05, 3.63) is 42.0 Å². The highest BCUT2D eigenvalue weighted by molar-refractivity contribution is 5.81. The van der Waals surface area contributed by atoms with E-state index in [4.69, 9.17) is 23.7 Å². The molecule has 0 unspecified atom stereocenters. The highest BCUT2D eigenvalue weighted by Crippen LogP contribution is 2.39. The third kappa shape index (κ3) is 5.00. The van der Waals surface area contributed by atoms with E-state index in [1.54, 1.807) is 58.8 Å². The van der Waals surface area contributed by atoms with Gasteiger partial charge in [0.15, 0.2) is 17.6 Å². The Morgan fingerprint density at radius 2 is 1.50 bits per heavy atom. The van der Waals surface area contributed by atoms with Crippen molar-refractivity contribution in [2.75, 3.05) is 28.4 Å². The molecule has 1 amide bonds. The van der Waals surface area contributed by atoms with Crippen LogP contribution in [0.1, 0.15) is 18.9 Å². The van der Waals surface area contributed by atoms with Gasteiger partial charge < -0.3 is 29.0 Å². The zero-order chi connectivity index (χ0) is 20.5. The Morgan fingerprint density at radius 3 is 2.04 bits per heavy atom. The minimum Gasteiger partial charge on any atom is -0.497 e. The molecule has 0 aliphatic carbocycles. The van der Waals surface area contributed by atoms with Gasteiger partial charge in [0.1, 0.15) is 11.5 Å². The van der Waals surface area contributed by atoms with Gasteiger partial charge >= 0.3 is 0 Å². The minimum atomic E-state index is -0.612. The standard InChI is InChI=1S/C21H27NO6/c1-6-17(28-16-10-8-15(24-2)9-11-16)21(23)22-13-14-7-12-18(25-3)20(27-5)19(14)26-4/h7-12,17H,6,13H2,1-5H3,(H,22,23)/t17-/m0/s1. The number of carbonyl (C=O) groups excluding carboxylic acids is 1. The molecule has 1 atom stereocenters. The second kappa shape index (κ2) is 10.3. The van der Waals surface area contributed by atoms with Crippen molar-refractivity contribution in [3.63, 3.8) is 0 Å². The average Bonchev–Trinajstić information content (AvgIpc) is 2.75. The lowest BCUT2D eigenvalue weighted by Crippen LogP contribution is -2.37. The Hall–Kier alpha value is -3.09. The van der Waals surface area contributed by atoms with E-state index < -0.39 is 6.10 Å². The molecule has 2 aromatic rings. The molecule has 28 heavy (non-hydrogen) atoms. The second-order valence-electron chi connectivity index (χ2n) is 5.90. The van der Waals surface area contributed by atoms with Crippen LogP contribution in [0.15, 0.2) is 36.4 Å². The third-order valence-corrected chi connectivity index (χ3v) is 4.24. The predicted molar refractivity (Wildman–Crippen MR) is 106 cm³/mol. The molecule has 0 bridgehead atoms. The van der Waals surface area contributed by atoms with Gasteiger partial charge in [-0.15, -0.1) is 0 Å². The molecule has 0 aliphatic rings. The molecule has 152 valence electrons. The fraction of sp³-hybridized carbons (Fsp3) is 0.381. The number of hydrogen-bond acceptors (Lipinski definition) is 6. The molecular formula is C21H27NO6. The zero-order valence-corrected chi connectivity index (χ0v) is 16.9. The summed E-state index contributed by atoms with van der Waals surface area (Å²) in [5, 5.41) is 2.89. The van der Waals surface area contributed by atoms with Crippen molar-refractivity contribution in [1.82, 2.24) is 5.32 Å². The van der Waals surface area contributed by atoms with Gasteiger partial charge in [-0.25, -0.2) is 0 Å². The van der Waals surface area contributed by atoms with Gasteiger partial charge in [-0.05, 0) is 42.8 Å². The van der Waals surface area contributed by atoms with Gasteiger partial charge in [-0.1, -0.05) is 6.92 Å². The van der Waals surface area contributed by atoms with Crippen LogP contribution in [0.2, 0.25) is 0 Å². The fourth-order valence-electron chi connectivity index (χ4n) is 2.74. The summed E-state index contributed by atoms with van der Waals surface area (Å²) in [6.45, 7) is 2.16. The van der Waals surface area contributed by atoms with Crippen molar-refractivity contribution in [1.29, 1.82) is 0 Å². The van der Waals surface area contributed by atoms with Crippen LogP contribution in [-0.2, 0) is 11.3 Å². The quantitative estimate of drug-likeness (QED) is 0.673. The van der Waals surface area contributed by atoms with Gasteiger partial charge in [-0.3, -0.25) is 4.79 Å². The topological polar surface area (TPSA) is 75.3 Å². The molecule has 0 saturated heterocycles. The lowest BCUT2D eigenvalue weighted by molar-refractivity contribution is -0.128. The molecule has 0 radical (unpaired) electrons. The molecular weight excluding hydrogens is 362 g/mol. The number of rotatable bonds is 10. The molecule has 0 fully saturated rings. The first-order valence-corrected chi connectivity index (χ1v) is 8.94. The Kier molecular flexibility index (Phi) is 7.80. The van der Waals surface area contributed by atoms with E-state index in [1.807, 2.05) is 13.0 Å². The first-order chi connectivity index (χ1) is 13.6. The number of methoxy groups -OCH3 is 4. The van der Waals surface area contributed by atoms with E-state index in [-0.39, 0.29) is 12.5 Å². The molecule has 2 aromatic carbocycles. The number of carbonyl (C=O) groups is 1. The monoisotopic (exact) mass is 389 g/mol. The molecule has 2 rings (SSSR count). The maximum Gasteiger partial charge on any atom is 0.261 e. The summed E-state index contributed by atoms with van der Waals surface area (Å²) in [4.78, 5) is 12.6. The van der Waals surface area contributed by atoms with Crippen LogP contribution in [0.4, 0.5) is 0 Å². The smallest absolute Gasteiger partial charge is 0.261 e. The normalized spacial score (nSPS) is 11.3. The van der Waals surface area contributed by atoms with Gasteiger partial charge in [0, 0.05) is 12.1 Å². The first kappa shape index (κ1) is 21.2. The SMILES string of the molecule is CC[C@H](Oc1ccc(OC)cc1)C(=O)NCc1ccc(OC)c(OC)c1OC. The van der Waals surface area contributed by atoms with E-state index in [9.17, 15) is 4.79 Å². The number of hydrogen-bond donors (Lipinski definition) is 1. The van der Waals surface area contributed by atoms with Crippen LogP contribution in [-0.4, -0.2) is 40.5 Å². The van der Waals surface area contributed by atoms with Crippen molar-refractivity contribution in [2.24, 2.45) is 0 Å². The Balaban J connectivity index is 2.06. The van der Waals surface area contributed by atoms with Crippen LogP contribution in [0.3, 0.4) is 0 Å². The van der Waals surface area contributed by atoms with E-state index in [0.717, 1.165) is 11.3 Å². The summed E-state index contributed by atoms with van der Waals surface area (Å²) < 4.78 is 27.0. The lowest BCUT2D eigenvalue weighted by atomic mass is 10.1. The highest BCUT2D eigenvalue weighted by atomic mass is 16.5. The molecule has 7 heteroatoms. The Morgan fingerprint density at radius 1 is 0.857 bits per heavy atom. The zero-order valence-electron chi connectivity index (χ0n) is 16.9. The summed E-state index contributed by atoms with van der Waals surface area (Å²) in [5.74, 6) is 2.68. The molecule has 0 spiro atoms. The Labute approximate surface area is 165 Å². The number of nitrogens with one attached hydrogen (secondary N) is 1. The predicted octanol–water partition coefficient (Wildman–Crippen LogP) is 3.19. The number of benzene rings is 2. The van der Waals surface area contributed by atoms with Crippen molar-refractivity contribution in [2.45, 2.75) is 26.0 Å². The minimum absolute atomic E-state index is 0.213. The van der Waals surface area contributed by atoms with E-state index in [1.165, 1.54) is 0 Å². The summed E-state index contributed by atoms with van der Waals surface area (Å²) >= 11 is 0. The van der Waals surface area contributed by atoms with E-state index in [0.29, 0.717) is 29.4 Å². The molecule has 1 N–H and O–H groups in total. The van der Waals surface area contributed by atoms with Crippen LogP contribution in [0.25, 0.3) is 0 Å². The van der Waals surface area contributed by atoms with Crippen LogP contribution >= 0.6 is 0 Å². The van der Waals surface area contributed by atoms with E-state index in [2.05, 4.69) is 5.32 Å². The van der Waals surface area contributed by atoms with Gasteiger partial charge in [-0.2, -0.15) is 0 Å². The van der Waals surface area contributed by atoms with Crippen LogP contribution in [0.5, 0.6) is 28.7 Å². The van der Waals surface area contributed by atoms with Gasteiger partial charge in [0.2, 0.25) is 5.75 Å². The molecule has 0 aromatic heterocycles. The molecule has 7 nitrogen and oxygen atoms in total. The van der Waals surface area contributed by atoms with E-state index >= 15 is 0 Å². The second-order valence-corrected chi connectivity index (χ2v) is 5.90. The largest absolute Gasteiger partial charge is 0.497 e. The van der Waals surface area contributed by atoms with Crippen molar-refractivity contribution < 1.29 is 28.5 Å². The molecule has 0 aliphatic heterocycles. The molecule has 0 saturated carbocycles. The first-order valence-electron chi connectivity index (χ1n) is 8.94. The third-order valence-electron chi connectivity index (χ3n) is 4.24. The van der Waals surface area contributed by atoms with Gasteiger partial charge in [0.25, 0.3) is 5.91 Å². The lowest BCUT2D eigenvalue weighted by Gasteiger charge is -2.19. The van der Waals surface area contributed by atoms with Crippen molar-refractivity contribution >= 4 is 5.91 Å². The van der Waals surface area contributed by atoms with Crippen LogP contribution in [0, 0.1) is 0 Å². The van der Waals surface area contributed by atoms with Gasteiger partial charge in [0.05, 0.1) is 28.4 Å². The summed E-state index contributed by atoms with van der Waals surface area (Å²) in [5.41, 5.74) is 0.771. The molecule has 0 heterocycles. The number of ether oxygens (including phenoxy) is 5.